The van der Waals surface area contributed by atoms with Gasteiger partial charge in [-0.05, 0) is 103 Å². The van der Waals surface area contributed by atoms with E-state index in [-0.39, 0.29) is 37.6 Å². The number of hydrogen-bond donors (Lipinski definition) is 2. The number of oxazole rings is 1. The summed E-state index contributed by atoms with van der Waals surface area (Å²) in [5, 5.41) is 5.51. The van der Waals surface area contributed by atoms with Crippen LogP contribution in [0.4, 0.5) is 11.4 Å². The highest BCUT2D eigenvalue weighted by atomic mass is 16.5. The minimum absolute atomic E-state index is 0.0553. The second-order valence-electron chi connectivity index (χ2n) is 11.6. The van der Waals surface area contributed by atoms with E-state index in [1.54, 1.807) is 42.5 Å². The maximum absolute atomic E-state index is 12.2. The summed E-state index contributed by atoms with van der Waals surface area (Å²) in [6.07, 6.45) is 0.757. The molecule has 6 rings (SSSR count). The Kier molecular flexibility index (Phi) is 12.5. The number of carbonyl (C=O) groups is 4. The Labute approximate surface area is 300 Å². The van der Waals surface area contributed by atoms with Gasteiger partial charge in [0.2, 0.25) is 5.89 Å². The second kappa shape index (κ2) is 17.8. The third kappa shape index (κ3) is 10.6. The Morgan fingerprint density at radius 1 is 0.712 bits per heavy atom. The molecule has 0 spiro atoms. The Hall–Kier alpha value is -6.75. The van der Waals surface area contributed by atoms with Gasteiger partial charge in [-0.25, -0.2) is 4.98 Å². The first-order chi connectivity index (χ1) is 25.2. The standard InChI is InChI=1S/C25H22N2O5.C16H15NO3/c1-16-5-3-4-6-22(16)31-15-24(29)26-20-10-8-19(9-11-20)25-27-21-13-18(14-30-17(2)28)7-12-23(21)32-25;1-12-4-2-3-5-15(12)20-11-16(19)17-14-8-6-13(10-18)7-9-14/h3-13H,14-15H2,1-2H3,(H,26,29);2-10H,11H2,1H3,(H,17,19). The summed E-state index contributed by atoms with van der Waals surface area (Å²) in [6, 6.07) is 34.4. The number of aryl methyl sites for hydroxylation is 2. The van der Waals surface area contributed by atoms with E-state index in [4.69, 9.17) is 18.6 Å². The van der Waals surface area contributed by atoms with Crippen molar-refractivity contribution in [2.24, 2.45) is 0 Å². The summed E-state index contributed by atoms with van der Waals surface area (Å²) in [5.41, 5.74) is 6.72. The fourth-order valence-corrected chi connectivity index (χ4v) is 4.83. The maximum atomic E-state index is 12.2. The third-order valence-corrected chi connectivity index (χ3v) is 7.54. The lowest BCUT2D eigenvalue weighted by Gasteiger charge is -2.09. The van der Waals surface area contributed by atoms with Crippen molar-refractivity contribution in [2.45, 2.75) is 27.4 Å². The van der Waals surface area contributed by atoms with Crippen molar-refractivity contribution in [1.29, 1.82) is 0 Å². The highest BCUT2D eigenvalue weighted by Crippen LogP contribution is 2.26. The normalized spacial score (nSPS) is 10.4. The van der Waals surface area contributed by atoms with Crippen LogP contribution in [-0.2, 0) is 25.7 Å². The van der Waals surface area contributed by atoms with Gasteiger partial charge in [0.25, 0.3) is 11.8 Å². The van der Waals surface area contributed by atoms with Gasteiger partial charge in [0.1, 0.15) is 29.9 Å². The number of aromatic nitrogens is 1. The van der Waals surface area contributed by atoms with Gasteiger partial charge in [0.15, 0.2) is 18.8 Å². The van der Waals surface area contributed by atoms with Crippen LogP contribution in [0.2, 0.25) is 0 Å². The van der Waals surface area contributed by atoms with Crippen molar-refractivity contribution in [3.63, 3.8) is 0 Å². The second-order valence-corrected chi connectivity index (χ2v) is 11.6. The number of nitrogens with zero attached hydrogens (tertiary/aromatic N) is 1. The van der Waals surface area contributed by atoms with Crippen molar-refractivity contribution in [3.8, 4) is 23.0 Å². The number of ether oxygens (including phenoxy) is 3. The minimum Gasteiger partial charge on any atom is -0.483 e. The fourth-order valence-electron chi connectivity index (χ4n) is 4.83. The Balaban J connectivity index is 0.000000225. The molecule has 0 bridgehead atoms. The first kappa shape index (κ1) is 36.5. The van der Waals surface area contributed by atoms with Crippen LogP contribution in [0.3, 0.4) is 0 Å². The van der Waals surface area contributed by atoms with E-state index in [2.05, 4.69) is 15.6 Å². The van der Waals surface area contributed by atoms with Gasteiger partial charge < -0.3 is 29.3 Å². The summed E-state index contributed by atoms with van der Waals surface area (Å²) < 4.78 is 21.9. The number of benzene rings is 5. The quantitative estimate of drug-likeness (QED) is 0.0969. The van der Waals surface area contributed by atoms with Gasteiger partial charge in [-0.1, -0.05) is 42.5 Å². The lowest BCUT2D eigenvalue weighted by atomic mass is 10.2. The molecule has 0 atom stereocenters. The molecular formula is C41H37N3O8. The van der Waals surface area contributed by atoms with Gasteiger partial charge in [-0.3, -0.25) is 19.2 Å². The topological polar surface area (TPSA) is 146 Å². The number of para-hydroxylation sites is 2. The first-order valence-electron chi connectivity index (χ1n) is 16.3. The molecular weight excluding hydrogens is 662 g/mol. The van der Waals surface area contributed by atoms with Gasteiger partial charge in [0.05, 0.1) is 0 Å². The summed E-state index contributed by atoms with van der Waals surface area (Å²) in [4.78, 5) is 50.0. The number of aldehydes is 1. The van der Waals surface area contributed by atoms with Crippen LogP contribution in [-0.4, -0.2) is 42.3 Å². The van der Waals surface area contributed by atoms with Gasteiger partial charge in [-0.15, -0.1) is 0 Å². The average molecular weight is 700 g/mol. The molecule has 52 heavy (non-hydrogen) atoms. The number of fused-ring (bicyclic) bond motifs is 1. The number of carbonyl (C=O) groups excluding carboxylic acids is 4. The zero-order chi connectivity index (χ0) is 36.9. The number of hydrogen-bond acceptors (Lipinski definition) is 9. The van der Waals surface area contributed by atoms with Crippen LogP contribution < -0.4 is 20.1 Å². The number of amides is 2. The lowest BCUT2D eigenvalue weighted by molar-refractivity contribution is -0.142. The van der Waals surface area contributed by atoms with Gasteiger partial charge in [0, 0.05) is 29.4 Å². The zero-order valence-electron chi connectivity index (χ0n) is 28.9. The summed E-state index contributed by atoms with van der Waals surface area (Å²) >= 11 is 0. The molecule has 0 aliphatic rings. The summed E-state index contributed by atoms with van der Waals surface area (Å²) in [7, 11) is 0. The first-order valence-corrected chi connectivity index (χ1v) is 16.3. The predicted molar refractivity (Wildman–Crippen MR) is 197 cm³/mol. The number of rotatable bonds is 12. The van der Waals surface area contributed by atoms with Crippen LogP contribution in [0.15, 0.2) is 120 Å². The zero-order valence-corrected chi connectivity index (χ0v) is 28.9. The lowest BCUT2D eigenvalue weighted by Crippen LogP contribution is -2.20. The van der Waals surface area contributed by atoms with Gasteiger partial charge >= 0.3 is 5.97 Å². The molecule has 0 aliphatic heterocycles. The molecule has 1 heterocycles. The molecule has 0 saturated carbocycles. The van der Waals surface area contributed by atoms with Crippen LogP contribution in [0.5, 0.6) is 11.5 Å². The van der Waals surface area contributed by atoms with E-state index in [0.29, 0.717) is 45.4 Å². The molecule has 11 nitrogen and oxygen atoms in total. The molecule has 2 amide bonds. The smallest absolute Gasteiger partial charge is 0.302 e. The maximum Gasteiger partial charge on any atom is 0.302 e. The van der Waals surface area contributed by atoms with E-state index in [0.717, 1.165) is 28.5 Å². The van der Waals surface area contributed by atoms with Crippen molar-refractivity contribution < 1.29 is 37.8 Å². The van der Waals surface area contributed by atoms with Crippen molar-refractivity contribution in [3.05, 3.63) is 138 Å². The van der Waals surface area contributed by atoms with Crippen molar-refractivity contribution in [1.82, 2.24) is 4.98 Å². The number of anilines is 2. The molecule has 6 aromatic rings. The van der Waals surface area contributed by atoms with Crippen LogP contribution in [0, 0.1) is 13.8 Å². The fraction of sp³-hybridized carbons (Fsp3) is 0.146. The average Bonchev–Trinajstić information content (AvgIpc) is 3.58. The number of nitrogens with one attached hydrogen (secondary N) is 2. The van der Waals surface area contributed by atoms with E-state index in [9.17, 15) is 19.2 Å². The summed E-state index contributed by atoms with van der Waals surface area (Å²) in [6.45, 7) is 5.28. The molecule has 0 fully saturated rings. The summed E-state index contributed by atoms with van der Waals surface area (Å²) in [5.74, 6) is 1.02. The number of esters is 1. The highest BCUT2D eigenvalue weighted by Gasteiger charge is 2.11. The predicted octanol–water partition coefficient (Wildman–Crippen LogP) is 7.71. The molecule has 0 saturated heterocycles. The molecule has 5 aromatic carbocycles. The van der Waals surface area contributed by atoms with Crippen LogP contribution >= 0.6 is 0 Å². The molecule has 11 heteroatoms. The van der Waals surface area contributed by atoms with E-state index in [1.807, 2.05) is 86.6 Å². The molecule has 1 aromatic heterocycles. The van der Waals surface area contributed by atoms with E-state index in [1.165, 1.54) is 6.92 Å². The largest absolute Gasteiger partial charge is 0.483 e. The van der Waals surface area contributed by atoms with Crippen LogP contribution in [0.1, 0.15) is 34.0 Å². The molecule has 0 unspecified atom stereocenters. The Bertz CT molecular complexity index is 2160. The SMILES string of the molecule is CC(=O)OCc1ccc2oc(-c3ccc(NC(=O)COc4ccccc4C)cc3)nc2c1.Cc1ccccc1OCC(=O)Nc1ccc(C=O)cc1. The van der Waals surface area contributed by atoms with Crippen molar-refractivity contribution in [2.75, 3.05) is 23.8 Å². The Morgan fingerprint density at radius 2 is 1.25 bits per heavy atom. The molecule has 0 radical (unpaired) electrons. The van der Waals surface area contributed by atoms with Crippen molar-refractivity contribution >= 4 is 46.5 Å². The van der Waals surface area contributed by atoms with Crippen LogP contribution in [0.25, 0.3) is 22.6 Å². The molecule has 264 valence electrons. The molecule has 0 aliphatic carbocycles. The van der Waals surface area contributed by atoms with E-state index >= 15 is 0 Å². The monoisotopic (exact) mass is 699 g/mol. The third-order valence-electron chi connectivity index (χ3n) is 7.54. The van der Waals surface area contributed by atoms with Gasteiger partial charge in [-0.2, -0.15) is 0 Å². The minimum atomic E-state index is -0.333. The molecule has 2 N–H and O–H groups in total. The Morgan fingerprint density at radius 3 is 1.77 bits per heavy atom. The highest BCUT2D eigenvalue weighted by molar-refractivity contribution is 5.93. The van der Waals surface area contributed by atoms with E-state index < -0.39 is 0 Å².